The third-order valence-electron chi connectivity index (χ3n) is 2.58. The summed E-state index contributed by atoms with van der Waals surface area (Å²) in [6, 6.07) is 0. The van der Waals surface area contributed by atoms with E-state index in [-0.39, 0.29) is 17.3 Å². The molecule has 0 bridgehead atoms. The van der Waals surface area contributed by atoms with Crippen LogP contribution >= 0.6 is 0 Å². The molecule has 0 aromatic heterocycles. The van der Waals surface area contributed by atoms with Gasteiger partial charge in [0, 0.05) is 0 Å². The average molecular weight is 154 g/mol. The molecule has 1 fully saturated rings. The molecule has 0 heterocycles. The summed E-state index contributed by atoms with van der Waals surface area (Å²) in [5, 5.41) is 8.75. The summed E-state index contributed by atoms with van der Waals surface area (Å²) in [5.41, 5.74) is -0.0294. The SMILES string of the molecule is C/C=C/C1C(C(=O)O)C1(C)C. The highest BCUT2D eigenvalue weighted by molar-refractivity contribution is 5.76. The van der Waals surface area contributed by atoms with Crippen LogP contribution in [0.25, 0.3) is 0 Å². The first-order valence-corrected chi connectivity index (χ1v) is 3.87. The Bertz CT molecular complexity index is 204. The van der Waals surface area contributed by atoms with Crippen LogP contribution in [0.15, 0.2) is 12.2 Å². The second kappa shape index (κ2) is 2.36. The number of rotatable bonds is 2. The summed E-state index contributed by atoms with van der Waals surface area (Å²) in [6.45, 7) is 5.92. The number of hydrogen-bond acceptors (Lipinski definition) is 1. The van der Waals surface area contributed by atoms with Gasteiger partial charge >= 0.3 is 5.97 Å². The van der Waals surface area contributed by atoms with Crippen LogP contribution in [0.4, 0.5) is 0 Å². The van der Waals surface area contributed by atoms with Crippen molar-refractivity contribution in [2.75, 3.05) is 0 Å². The molecule has 0 aliphatic heterocycles. The molecule has 0 spiro atoms. The van der Waals surface area contributed by atoms with Crippen LogP contribution in [-0.4, -0.2) is 11.1 Å². The van der Waals surface area contributed by atoms with Crippen molar-refractivity contribution in [2.24, 2.45) is 17.3 Å². The van der Waals surface area contributed by atoms with Gasteiger partial charge in [-0.15, -0.1) is 0 Å². The summed E-state index contributed by atoms with van der Waals surface area (Å²) in [6.07, 6.45) is 3.91. The minimum atomic E-state index is -0.668. The molecule has 2 unspecified atom stereocenters. The van der Waals surface area contributed by atoms with Gasteiger partial charge in [0.15, 0.2) is 0 Å². The van der Waals surface area contributed by atoms with E-state index >= 15 is 0 Å². The van der Waals surface area contributed by atoms with Gasteiger partial charge in [0.05, 0.1) is 5.92 Å². The molecular formula is C9H14O2. The second-order valence-corrected chi connectivity index (χ2v) is 3.69. The summed E-state index contributed by atoms with van der Waals surface area (Å²) in [7, 11) is 0. The highest BCUT2D eigenvalue weighted by Gasteiger charge is 2.60. The standard InChI is InChI=1S/C9H14O2/c1-4-5-6-7(8(10)11)9(6,2)3/h4-7H,1-3H3,(H,10,11)/b5-4+. The van der Waals surface area contributed by atoms with Crippen LogP contribution < -0.4 is 0 Å². The van der Waals surface area contributed by atoms with E-state index in [0.29, 0.717) is 0 Å². The number of aliphatic carboxylic acids is 1. The molecule has 1 rings (SSSR count). The molecule has 0 aromatic rings. The van der Waals surface area contributed by atoms with Crippen LogP contribution in [0.3, 0.4) is 0 Å². The number of allylic oxidation sites excluding steroid dienone is 2. The quantitative estimate of drug-likeness (QED) is 0.617. The molecule has 0 saturated heterocycles. The zero-order chi connectivity index (χ0) is 8.65. The highest BCUT2D eigenvalue weighted by atomic mass is 16.4. The Morgan fingerprint density at radius 2 is 2.09 bits per heavy atom. The fraction of sp³-hybridized carbons (Fsp3) is 0.667. The highest BCUT2D eigenvalue weighted by Crippen LogP contribution is 2.58. The zero-order valence-corrected chi connectivity index (χ0v) is 7.16. The molecule has 2 heteroatoms. The first-order valence-electron chi connectivity index (χ1n) is 3.87. The number of hydrogen-bond donors (Lipinski definition) is 1. The van der Waals surface area contributed by atoms with Crippen LogP contribution in [0.1, 0.15) is 20.8 Å². The molecular weight excluding hydrogens is 140 g/mol. The molecule has 2 nitrogen and oxygen atoms in total. The van der Waals surface area contributed by atoms with Crippen molar-refractivity contribution >= 4 is 5.97 Å². The van der Waals surface area contributed by atoms with Gasteiger partial charge in [0.1, 0.15) is 0 Å². The van der Waals surface area contributed by atoms with E-state index in [1.807, 2.05) is 32.9 Å². The van der Waals surface area contributed by atoms with Gasteiger partial charge in [-0.05, 0) is 18.3 Å². The van der Waals surface area contributed by atoms with E-state index in [1.165, 1.54) is 0 Å². The van der Waals surface area contributed by atoms with Crippen LogP contribution in [-0.2, 0) is 4.79 Å². The van der Waals surface area contributed by atoms with Crippen molar-refractivity contribution in [2.45, 2.75) is 20.8 Å². The molecule has 1 aliphatic rings. The summed E-state index contributed by atoms with van der Waals surface area (Å²) in [4.78, 5) is 10.6. The fourth-order valence-corrected chi connectivity index (χ4v) is 1.72. The molecule has 0 radical (unpaired) electrons. The third-order valence-corrected chi connectivity index (χ3v) is 2.58. The largest absolute Gasteiger partial charge is 0.481 e. The second-order valence-electron chi connectivity index (χ2n) is 3.69. The Labute approximate surface area is 66.9 Å². The third kappa shape index (κ3) is 1.17. The zero-order valence-electron chi connectivity index (χ0n) is 7.16. The predicted octanol–water partition coefficient (Wildman–Crippen LogP) is 1.92. The number of carboxylic acids is 1. The van der Waals surface area contributed by atoms with Crippen LogP contribution in [0.5, 0.6) is 0 Å². The van der Waals surface area contributed by atoms with Gasteiger partial charge in [-0.3, -0.25) is 4.79 Å². The maximum absolute atomic E-state index is 10.6. The maximum Gasteiger partial charge on any atom is 0.307 e. The average Bonchev–Trinajstić information content (AvgIpc) is 2.35. The van der Waals surface area contributed by atoms with Crippen LogP contribution in [0.2, 0.25) is 0 Å². The Balaban J connectivity index is 2.68. The first-order chi connectivity index (χ1) is 5.01. The molecule has 0 amide bonds. The Morgan fingerprint density at radius 3 is 2.36 bits per heavy atom. The normalized spacial score (nSPS) is 34.1. The van der Waals surface area contributed by atoms with Gasteiger partial charge in [0.25, 0.3) is 0 Å². The van der Waals surface area contributed by atoms with Crippen LogP contribution in [0, 0.1) is 17.3 Å². The van der Waals surface area contributed by atoms with Crippen molar-refractivity contribution in [3.63, 3.8) is 0 Å². The van der Waals surface area contributed by atoms with Gasteiger partial charge in [0.2, 0.25) is 0 Å². The van der Waals surface area contributed by atoms with Gasteiger partial charge in [-0.25, -0.2) is 0 Å². The minimum absolute atomic E-state index is 0.0294. The van der Waals surface area contributed by atoms with Gasteiger partial charge < -0.3 is 5.11 Å². The van der Waals surface area contributed by atoms with Gasteiger partial charge in [-0.2, -0.15) is 0 Å². The molecule has 0 aromatic carbocycles. The van der Waals surface area contributed by atoms with E-state index < -0.39 is 5.97 Å². The van der Waals surface area contributed by atoms with Crippen molar-refractivity contribution in [1.82, 2.24) is 0 Å². The van der Waals surface area contributed by atoms with Crippen molar-refractivity contribution in [3.8, 4) is 0 Å². The summed E-state index contributed by atoms with van der Waals surface area (Å²) < 4.78 is 0. The fourth-order valence-electron chi connectivity index (χ4n) is 1.72. The number of carbonyl (C=O) groups is 1. The summed E-state index contributed by atoms with van der Waals surface area (Å²) in [5.74, 6) is -0.596. The number of carboxylic acid groups (broad SMARTS) is 1. The summed E-state index contributed by atoms with van der Waals surface area (Å²) >= 11 is 0. The lowest BCUT2D eigenvalue weighted by Gasteiger charge is -1.95. The van der Waals surface area contributed by atoms with E-state index in [0.717, 1.165) is 0 Å². The van der Waals surface area contributed by atoms with E-state index in [2.05, 4.69) is 0 Å². The van der Waals surface area contributed by atoms with Crippen molar-refractivity contribution in [3.05, 3.63) is 12.2 Å². The topological polar surface area (TPSA) is 37.3 Å². The smallest absolute Gasteiger partial charge is 0.307 e. The lowest BCUT2D eigenvalue weighted by atomic mass is 10.1. The molecule has 62 valence electrons. The molecule has 1 N–H and O–H groups in total. The maximum atomic E-state index is 10.6. The lowest BCUT2D eigenvalue weighted by Crippen LogP contribution is -2.02. The van der Waals surface area contributed by atoms with Crippen molar-refractivity contribution < 1.29 is 9.90 Å². The van der Waals surface area contributed by atoms with E-state index in [9.17, 15) is 4.79 Å². The lowest BCUT2D eigenvalue weighted by molar-refractivity contribution is -0.139. The Kier molecular flexibility index (Phi) is 1.78. The Hall–Kier alpha value is -0.790. The van der Waals surface area contributed by atoms with E-state index in [1.54, 1.807) is 0 Å². The minimum Gasteiger partial charge on any atom is -0.481 e. The Morgan fingerprint density at radius 1 is 1.55 bits per heavy atom. The molecule has 2 atom stereocenters. The molecule has 11 heavy (non-hydrogen) atoms. The van der Waals surface area contributed by atoms with Gasteiger partial charge in [-0.1, -0.05) is 26.0 Å². The first kappa shape index (κ1) is 8.31. The molecule has 1 aliphatic carbocycles. The predicted molar refractivity (Wildman–Crippen MR) is 43.2 cm³/mol. The van der Waals surface area contributed by atoms with E-state index in [4.69, 9.17) is 5.11 Å². The molecule has 1 saturated carbocycles. The van der Waals surface area contributed by atoms with Crippen molar-refractivity contribution in [1.29, 1.82) is 0 Å². The monoisotopic (exact) mass is 154 g/mol.